The third-order valence-electron chi connectivity index (χ3n) is 6.10. The van der Waals surface area contributed by atoms with Gasteiger partial charge in [-0.3, -0.25) is 0 Å². The van der Waals surface area contributed by atoms with Crippen LogP contribution in [-0.2, 0) is 6.61 Å². The maximum atomic E-state index is 11.8. The van der Waals surface area contributed by atoms with Crippen molar-refractivity contribution in [2.45, 2.75) is 34.3 Å². The average molecular weight is 427 g/mol. The van der Waals surface area contributed by atoms with Crippen LogP contribution in [0.2, 0.25) is 0 Å². The van der Waals surface area contributed by atoms with Gasteiger partial charge in [0.05, 0.1) is 0 Å². The summed E-state index contributed by atoms with van der Waals surface area (Å²) >= 11 is 0. The van der Waals surface area contributed by atoms with E-state index in [2.05, 4.69) is 33.8 Å². The number of hydrogen-bond donors (Lipinski definition) is 1. The highest BCUT2D eigenvalue weighted by atomic mass is 16.5. The van der Waals surface area contributed by atoms with Gasteiger partial charge in [0.1, 0.15) is 18.6 Å². The normalized spacial score (nSPS) is 10.9. The summed E-state index contributed by atoms with van der Waals surface area (Å²) in [5.74, 6) is -0.506. The molecule has 32 heavy (non-hydrogen) atoms. The predicted molar refractivity (Wildman–Crippen MR) is 126 cm³/mol. The number of ether oxygens (including phenoxy) is 1. The van der Waals surface area contributed by atoms with Crippen LogP contribution in [0, 0.1) is 27.7 Å². The zero-order valence-corrected chi connectivity index (χ0v) is 18.7. The quantitative estimate of drug-likeness (QED) is 0.356. The Morgan fingerprint density at radius 2 is 1.53 bits per heavy atom. The van der Waals surface area contributed by atoms with Crippen LogP contribution in [-0.4, -0.2) is 11.1 Å². The van der Waals surface area contributed by atoms with Crippen LogP contribution in [0.4, 0.5) is 0 Å². The fourth-order valence-electron chi connectivity index (χ4n) is 4.04. The second-order valence-corrected chi connectivity index (χ2v) is 8.08. The molecule has 4 heteroatoms. The molecule has 3 aromatic carbocycles. The summed E-state index contributed by atoms with van der Waals surface area (Å²) in [5, 5.41) is 9.70. The van der Waals surface area contributed by atoms with Gasteiger partial charge < -0.3 is 14.3 Å². The Hall–Kier alpha value is -3.79. The molecule has 4 rings (SSSR count). The summed E-state index contributed by atoms with van der Waals surface area (Å²) in [5.41, 5.74) is 9.07. The molecule has 0 aliphatic heterocycles. The molecule has 0 unspecified atom stereocenters. The highest BCUT2D eigenvalue weighted by molar-refractivity contribution is 5.99. The molecule has 0 aliphatic rings. The first-order chi connectivity index (χ1) is 15.4. The lowest BCUT2D eigenvalue weighted by Crippen LogP contribution is -2.04. The average Bonchev–Trinajstić information content (AvgIpc) is 3.24. The third-order valence-corrected chi connectivity index (χ3v) is 6.10. The second-order valence-electron chi connectivity index (χ2n) is 8.08. The molecule has 1 aromatic heterocycles. The minimum Gasteiger partial charge on any atom is -0.489 e. The molecule has 0 saturated carbocycles. The first kappa shape index (κ1) is 21.4. The van der Waals surface area contributed by atoms with Crippen LogP contribution in [0.15, 0.2) is 71.3 Å². The maximum absolute atomic E-state index is 11.8. The number of carbonyl (C=O) groups is 1. The molecular formula is C28H26O4. The summed E-state index contributed by atoms with van der Waals surface area (Å²) in [4.78, 5) is 11.8. The number of carboxylic acid groups (broad SMARTS) is 1. The van der Waals surface area contributed by atoms with Crippen LogP contribution in [0.1, 0.15) is 38.4 Å². The van der Waals surface area contributed by atoms with E-state index in [9.17, 15) is 9.90 Å². The van der Waals surface area contributed by atoms with E-state index in [4.69, 9.17) is 9.15 Å². The monoisotopic (exact) mass is 426 g/mol. The largest absolute Gasteiger partial charge is 0.489 e. The van der Waals surface area contributed by atoms with Crippen LogP contribution < -0.4 is 4.74 Å². The van der Waals surface area contributed by atoms with Crippen molar-refractivity contribution in [2.24, 2.45) is 0 Å². The van der Waals surface area contributed by atoms with E-state index in [0.29, 0.717) is 17.9 Å². The Morgan fingerprint density at radius 3 is 2.19 bits per heavy atom. The van der Waals surface area contributed by atoms with E-state index in [-0.39, 0.29) is 5.76 Å². The first-order valence-corrected chi connectivity index (χ1v) is 10.6. The number of rotatable bonds is 6. The Morgan fingerprint density at radius 1 is 0.875 bits per heavy atom. The standard InChI is InChI=1S/C28H26O4/c1-17-13-18(2)20(4)24(19(17)3)15-31-23-12-8-11-22(14-23)26-25(16-32-27(26)28(29)30)21-9-6-5-7-10-21/h5-14,16H,15H2,1-4H3,(H,29,30). The van der Waals surface area contributed by atoms with Crippen molar-refractivity contribution < 1.29 is 19.1 Å². The molecule has 0 fully saturated rings. The summed E-state index contributed by atoms with van der Waals surface area (Å²) in [6.45, 7) is 8.92. The Labute approximate surface area is 188 Å². The van der Waals surface area contributed by atoms with E-state index >= 15 is 0 Å². The lowest BCUT2D eigenvalue weighted by Gasteiger charge is -2.16. The Bertz CT molecular complexity index is 1260. The molecule has 0 amide bonds. The van der Waals surface area contributed by atoms with Crippen molar-refractivity contribution in [1.29, 1.82) is 0 Å². The van der Waals surface area contributed by atoms with Gasteiger partial charge >= 0.3 is 5.97 Å². The zero-order chi connectivity index (χ0) is 22.8. The van der Waals surface area contributed by atoms with Gasteiger partial charge in [-0.25, -0.2) is 4.79 Å². The van der Waals surface area contributed by atoms with Crippen molar-refractivity contribution in [3.63, 3.8) is 0 Å². The smallest absolute Gasteiger partial charge is 0.372 e. The van der Waals surface area contributed by atoms with Gasteiger partial charge in [-0.05, 0) is 78.8 Å². The molecule has 0 bridgehead atoms. The molecule has 162 valence electrons. The molecule has 1 heterocycles. The summed E-state index contributed by atoms with van der Waals surface area (Å²) in [6.07, 6.45) is 1.50. The van der Waals surface area contributed by atoms with E-state index in [1.54, 1.807) is 0 Å². The molecular weight excluding hydrogens is 400 g/mol. The zero-order valence-electron chi connectivity index (χ0n) is 18.7. The fourth-order valence-corrected chi connectivity index (χ4v) is 4.04. The highest BCUT2D eigenvalue weighted by Crippen LogP contribution is 2.38. The molecule has 0 atom stereocenters. The predicted octanol–water partition coefficient (Wildman–Crippen LogP) is 7.12. The van der Waals surface area contributed by atoms with Gasteiger partial charge in [0.25, 0.3) is 0 Å². The van der Waals surface area contributed by atoms with E-state index in [1.807, 2.05) is 54.6 Å². The Balaban J connectivity index is 1.71. The summed E-state index contributed by atoms with van der Waals surface area (Å²) in [7, 11) is 0. The lowest BCUT2D eigenvalue weighted by atomic mass is 9.95. The highest BCUT2D eigenvalue weighted by Gasteiger charge is 2.22. The van der Waals surface area contributed by atoms with Gasteiger partial charge in [0.2, 0.25) is 5.76 Å². The van der Waals surface area contributed by atoms with Gasteiger partial charge in [0, 0.05) is 11.1 Å². The number of hydrogen-bond acceptors (Lipinski definition) is 3. The van der Waals surface area contributed by atoms with Gasteiger partial charge in [-0.1, -0.05) is 48.5 Å². The van der Waals surface area contributed by atoms with Crippen LogP contribution in [0.5, 0.6) is 5.75 Å². The molecule has 0 saturated heterocycles. The van der Waals surface area contributed by atoms with Gasteiger partial charge in [-0.2, -0.15) is 0 Å². The van der Waals surface area contributed by atoms with Crippen molar-refractivity contribution in [1.82, 2.24) is 0 Å². The lowest BCUT2D eigenvalue weighted by molar-refractivity contribution is 0.0663. The fraction of sp³-hybridized carbons (Fsp3) is 0.179. The van der Waals surface area contributed by atoms with Crippen molar-refractivity contribution in [3.8, 4) is 28.0 Å². The minimum absolute atomic E-state index is 0.0815. The van der Waals surface area contributed by atoms with E-state index in [0.717, 1.165) is 16.7 Å². The molecule has 0 spiro atoms. The van der Waals surface area contributed by atoms with Crippen LogP contribution in [0.3, 0.4) is 0 Å². The second kappa shape index (κ2) is 8.75. The number of aromatic carboxylic acids is 1. The number of furan rings is 1. The molecule has 4 nitrogen and oxygen atoms in total. The van der Waals surface area contributed by atoms with Crippen molar-refractivity contribution in [3.05, 3.63) is 101 Å². The summed E-state index contributed by atoms with van der Waals surface area (Å²) < 4.78 is 11.6. The third kappa shape index (κ3) is 4.04. The van der Waals surface area contributed by atoms with Crippen molar-refractivity contribution in [2.75, 3.05) is 0 Å². The van der Waals surface area contributed by atoms with E-state index < -0.39 is 5.97 Å². The number of aryl methyl sites for hydroxylation is 2. The number of benzene rings is 3. The SMILES string of the molecule is Cc1cc(C)c(C)c(COc2cccc(-c3c(-c4ccccc4)coc3C(=O)O)c2)c1C. The summed E-state index contributed by atoms with van der Waals surface area (Å²) in [6, 6.07) is 19.3. The van der Waals surface area contributed by atoms with Crippen LogP contribution >= 0.6 is 0 Å². The minimum atomic E-state index is -1.10. The molecule has 4 aromatic rings. The van der Waals surface area contributed by atoms with Gasteiger partial charge in [0.15, 0.2) is 0 Å². The van der Waals surface area contributed by atoms with E-state index in [1.165, 1.54) is 34.1 Å². The Kier molecular flexibility index (Phi) is 5.87. The van der Waals surface area contributed by atoms with Crippen molar-refractivity contribution >= 4 is 5.97 Å². The topological polar surface area (TPSA) is 59.7 Å². The van der Waals surface area contributed by atoms with Crippen LogP contribution in [0.25, 0.3) is 22.3 Å². The first-order valence-electron chi connectivity index (χ1n) is 10.6. The number of carboxylic acids is 1. The molecule has 0 radical (unpaired) electrons. The van der Waals surface area contributed by atoms with Gasteiger partial charge in [-0.15, -0.1) is 0 Å². The maximum Gasteiger partial charge on any atom is 0.372 e. The molecule has 1 N–H and O–H groups in total. The molecule has 0 aliphatic carbocycles.